The van der Waals surface area contributed by atoms with Crippen LogP contribution in [0.15, 0.2) is 198 Å². The third-order valence-corrected chi connectivity index (χ3v) is 12.3. The van der Waals surface area contributed by atoms with E-state index in [-0.39, 0.29) is 12.1 Å². The van der Waals surface area contributed by atoms with Crippen LogP contribution < -0.4 is 10.1 Å². The maximum Gasteiger partial charge on any atom is 0.145 e. The van der Waals surface area contributed by atoms with Gasteiger partial charge in [-0.05, 0) is 64.6 Å². The molecule has 8 aromatic rings. The lowest BCUT2D eigenvalue weighted by atomic mass is 9.65. The molecule has 1 spiro atoms. The number of hydrogen-bond donors (Lipinski definition) is 1. The molecule has 270 valence electrons. The number of rotatable bonds is 4. The molecule has 0 saturated carbocycles. The van der Waals surface area contributed by atoms with Gasteiger partial charge in [-0.15, -0.1) is 0 Å². The summed E-state index contributed by atoms with van der Waals surface area (Å²) < 4.78 is 13.5. The second-order valence-electron chi connectivity index (χ2n) is 15.3. The molecule has 57 heavy (non-hydrogen) atoms. The number of nitrogens with one attached hydrogen (secondary N) is 1. The number of benzene rings is 7. The predicted octanol–water partition coefficient (Wildman–Crippen LogP) is 12.9. The topological polar surface area (TPSA) is 46.8 Å². The fourth-order valence-corrected chi connectivity index (χ4v) is 9.84. The molecule has 0 bridgehead atoms. The first-order valence-electron chi connectivity index (χ1n) is 19.8. The Labute approximate surface area is 330 Å². The van der Waals surface area contributed by atoms with Crippen LogP contribution >= 0.6 is 0 Å². The largest absolute Gasteiger partial charge is 0.456 e. The molecule has 2 atom stereocenters. The van der Waals surface area contributed by atoms with Crippen LogP contribution in [0.4, 0.5) is 0 Å². The summed E-state index contributed by atoms with van der Waals surface area (Å²) in [4.78, 5) is 5.49. The zero-order valence-corrected chi connectivity index (χ0v) is 31.0. The fraction of sp³-hybridized carbons (Fsp3) is 0.0755. The minimum atomic E-state index is -0.539. The Balaban J connectivity index is 1.03. The summed E-state index contributed by atoms with van der Waals surface area (Å²) in [5, 5.41) is 6.12. The lowest BCUT2D eigenvalue weighted by molar-refractivity contribution is 0.438. The van der Waals surface area contributed by atoms with Gasteiger partial charge in [0.25, 0.3) is 0 Å². The molecule has 1 aromatic heterocycles. The normalized spacial score (nSPS) is 18.2. The molecule has 4 aliphatic rings. The second-order valence-corrected chi connectivity index (χ2v) is 15.3. The summed E-state index contributed by atoms with van der Waals surface area (Å²) in [5.41, 5.74) is 14.9. The Morgan fingerprint density at radius 3 is 2.09 bits per heavy atom. The van der Waals surface area contributed by atoms with E-state index in [0.29, 0.717) is 0 Å². The van der Waals surface area contributed by atoms with Gasteiger partial charge in [0.15, 0.2) is 0 Å². The number of hydrogen-bond acceptors (Lipinski definition) is 4. The summed E-state index contributed by atoms with van der Waals surface area (Å²) in [6.45, 7) is 0. The van der Waals surface area contributed by atoms with Crippen molar-refractivity contribution in [2.75, 3.05) is 0 Å². The van der Waals surface area contributed by atoms with E-state index in [2.05, 4.69) is 181 Å². The highest BCUT2D eigenvalue weighted by atomic mass is 16.5. The summed E-state index contributed by atoms with van der Waals surface area (Å²) in [5.74, 6) is 1.92. The Bertz CT molecular complexity index is 3040. The average Bonchev–Trinajstić information content (AvgIpc) is 3.80. The van der Waals surface area contributed by atoms with Gasteiger partial charge in [-0.25, -0.2) is 0 Å². The quantitative estimate of drug-likeness (QED) is 0.196. The SMILES string of the molecule is C1=CCC(C2=NC(c3ccccc3-c3cccc4c3Oc3ccccc3C43c4ccccc4-c4ccccc43)NC(c3ccc4c(c3)oc3ccccc34)=C2)C=C1. The van der Waals surface area contributed by atoms with E-state index in [1.807, 2.05) is 12.1 Å². The molecule has 4 heteroatoms. The van der Waals surface area contributed by atoms with Crippen molar-refractivity contribution in [1.82, 2.24) is 5.32 Å². The molecule has 7 aromatic carbocycles. The molecule has 0 radical (unpaired) electrons. The van der Waals surface area contributed by atoms with Crippen molar-refractivity contribution in [3.05, 3.63) is 221 Å². The van der Waals surface area contributed by atoms with Crippen LogP contribution in [0.5, 0.6) is 11.5 Å². The maximum absolute atomic E-state index is 7.10. The van der Waals surface area contributed by atoms with Crippen molar-refractivity contribution in [2.24, 2.45) is 10.9 Å². The van der Waals surface area contributed by atoms with E-state index in [0.717, 1.165) is 84.6 Å². The highest BCUT2D eigenvalue weighted by Gasteiger charge is 2.51. The summed E-state index contributed by atoms with van der Waals surface area (Å²) in [6.07, 6.45) is 11.5. The van der Waals surface area contributed by atoms with Gasteiger partial charge in [-0.1, -0.05) is 158 Å². The molecule has 1 N–H and O–H groups in total. The van der Waals surface area contributed by atoms with E-state index in [4.69, 9.17) is 14.1 Å². The molecule has 12 rings (SSSR count). The number of nitrogens with zero attached hydrogens (tertiary/aromatic N) is 1. The third kappa shape index (κ3) is 4.71. The predicted molar refractivity (Wildman–Crippen MR) is 231 cm³/mol. The van der Waals surface area contributed by atoms with Crippen LogP contribution in [-0.2, 0) is 5.41 Å². The van der Waals surface area contributed by atoms with Crippen molar-refractivity contribution in [3.63, 3.8) is 0 Å². The fourth-order valence-electron chi connectivity index (χ4n) is 9.84. The highest BCUT2D eigenvalue weighted by molar-refractivity contribution is 6.08. The smallest absolute Gasteiger partial charge is 0.145 e. The number of allylic oxidation sites excluding steroid dienone is 5. The number of furan rings is 1. The van der Waals surface area contributed by atoms with Crippen LogP contribution in [0.2, 0.25) is 0 Å². The molecule has 0 fully saturated rings. The average molecular weight is 733 g/mol. The second kappa shape index (κ2) is 12.4. The van der Waals surface area contributed by atoms with Crippen molar-refractivity contribution in [3.8, 4) is 33.8 Å². The molecule has 3 heterocycles. The van der Waals surface area contributed by atoms with Gasteiger partial charge in [0.1, 0.15) is 28.8 Å². The lowest BCUT2D eigenvalue weighted by Gasteiger charge is -2.40. The standard InChI is InChI=1S/C53H36N2O2/c1-2-15-33(16-3-1)46-32-47(34-29-30-39-38-20-8-12-27-48(38)56-50(39)31-34)55-52(54-46)41-21-5-4-17-35(41)40-22-14-26-45-51(40)57-49-28-13-11-25-44(49)53(45)42-23-9-6-18-36(42)37-19-7-10-24-43(37)53/h1-15,17-33,52,55H,16H2. The van der Waals surface area contributed by atoms with Gasteiger partial charge in [-0.3, -0.25) is 4.99 Å². The Hall–Kier alpha value is -7.17. The van der Waals surface area contributed by atoms with E-state index >= 15 is 0 Å². The first kappa shape index (κ1) is 32.1. The molecular formula is C53H36N2O2. The lowest BCUT2D eigenvalue weighted by Crippen LogP contribution is -2.32. The Morgan fingerprint density at radius 2 is 1.26 bits per heavy atom. The van der Waals surface area contributed by atoms with Gasteiger partial charge < -0.3 is 14.5 Å². The van der Waals surface area contributed by atoms with E-state index in [1.54, 1.807) is 0 Å². The molecule has 2 aliphatic heterocycles. The Morgan fingerprint density at radius 1 is 0.579 bits per heavy atom. The molecule has 2 aliphatic carbocycles. The highest BCUT2D eigenvalue weighted by Crippen LogP contribution is 2.63. The first-order valence-corrected chi connectivity index (χ1v) is 19.8. The number of ether oxygens (including phenoxy) is 1. The van der Waals surface area contributed by atoms with E-state index in [1.165, 1.54) is 22.3 Å². The van der Waals surface area contributed by atoms with E-state index in [9.17, 15) is 0 Å². The van der Waals surface area contributed by atoms with Gasteiger partial charge in [0.2, 0.25) is 0 Å². The van der Waals surface area contributed by atoms with Crippen molar-refractivity contribution >= 4 is 33.3 Å². The van der Waals surface area contributed by atoms with Crippen LogP contribution in [0.3, 0.4) is 0 Å². The summed E-state index contributed by atoms with van der Waals surface area (Å²) in [6, 6.07) is 56.5. The van der Waals surface area contributed by atoms with Crippen molar-refractivity contribution in [1.29, 1.82) is 0 Å². The Kier molecular flexibility index (Phi) is 7.00. The van der Waals surface area contributed by atoms with Gasteiger partial charge in [0.05, 0.1) is 5.41 Å². The molecule has 2 unspecified atom stereocenters. The summed E-state index contributed by atoms with van der Waals surface area (Å²) >= 11 is 0. The maximum atomic E-state index is 7.10. The monoisotopic (exact) mass is 732 g/mol. The van der Waals surface area contributed by atoms with Crippen LogP contribution in [0.25, 0.3) is 49.9 Å². The van der Waals surface area contributed by atoms with Gasteiger partial charge in [0, 0.05) is 55.9 Å². The molecule has 0 amide bonds. The summed E-state index contributed by atoms with van der Waals surface area (Å²) in [7, 11) is 0. The van der Waals surface area contributed by atoms with Crippen LogP contribution in [0.1, 0.15) is 46.0 Å². The molecule has 4 nitrogen and oxygen atoms in total. The minimum Gasteiger partial charge on any atom is -0.456 e. The van der Waals surface area contributed by atoms with Crippen molar-refractivity contribution in [2.45, 2.75) is 18.0 Å². The number of aliphatic imine (C=N–C) groups is 1. The molecular weight excluding hydrogens is 697 g/mol. The third-order valence-electron chi connectivity index (χ3n) is 12.3. The number of para-hydroxylation sites is 3. The van der Waals surface area contributed by atoms with Gasteiger partial charge >= 0.3 is 0 Å². The minimum absolute atomic E-state index is 0.170. The van der Waals surface area contributed by atoms with Gasteiger partial charge in [-0.2, -0.15) is 0 Å². The van der Waals surface area contributed by atoms with Crippen molar-refractivity contribution < 1.29 is 9.15 Å². The zero-order valence-electron chi connectivity index (χ0n) is 31.0. The van der Waals surface area contributed by atoms with E-state index < -0.39 is 5.41 Å². The number of fused-ring (bicyclic) bond motifs is 12. The zero-order chi connectivity index (χ0) is 37.5. The van der Waals surface area contributed by atoms with Crippen LogP contribution in [0, 0.1) is 5.92 Å². The first-order chi connectivity index (χ1) is 28.3. The van der Waals surface area contributed by atoms with Crippen LogP contribution in [-0.4, -0.2) is 5.71 Å². The molecule has 0 saturated heterocycles.